The maximum Gasteiger partial charge on any atom is 0.276 e. The van der Waals surface area contributed by atoms with Crippen LogP contribution in [0.25, 0.3) is 22.1 Å². The second-order valence-electron chi connectivity index (χ2n) is 12.6. The van der Waals surface area contributed by atoms with E-state index < -0.39 is 17.7 Å². The Morgan fingerprint density at radius 1 is 0.722 bits per heavy atom. The van der Waals surface area contributed by atoms with E-state index in [0.29, 0.717) is 88.8 Å². The van der Waals surface area contributed by atoms with Crippen LogP contribution in [0.1, 0.15) is 79.8 Å². The van der Waals surface area contributed by atoms with Gasteiger partial charge in [-0.3, -0.25) is 39.2 Å². The van der Waals surface area contributed by atoms with Crippen molar-refractivity contribution in [1.82, 2.24) is 38.7 Å². The van der Waals surface area contributed by atoms with E-state index >= 15 is 0 Å². The van der Waals surface area contributed by atoms with Crippen LogP contribution in [-0.2, 0) is 26.7 Å². The van der Waals surface area contributed by atoms with Crippen LogP contribution in [0.3, 0.4) is 0 Å². The normalized spacial score (nSPS) is 11.3. The van der Waals surface area contributed by atoms with Crippen LogP contribution >= 0.6 is 0 Å². The Labute approximate surface area is 309 Å². The Bertz CT molecular complexity index is 2430. The molecule has 0 saturated heterocycles. The summed E-state index contributed by atoms with van der Waals surface area (Å²) in [7, 11) is 3.21. The van der Waals surface area contributed by atoms with Gasteiger partial charge in [-0.1, -0.05) is 0 Å². The number of fused-ring (bicyclic) bond motifs is 2. The summed E-state index contributed by atoms with van der Waals surface area (Å²) < 4.78 is 18.6. The lowest BCUT2D eigenvalue weighted by atomic mass is 10.1. The Morgan fingerprint density at radius 3 is 1.78 bits per heavy atom. The third kappa shape index (κ3) is 7.17. The van der Waals surface area contributed by atoms with Gasteiger partial charge in [-0.2, -0.15) is 10.2 Å². The Balaban J connectivity index is 1.24. The van der Waals surface area contributed by atoms with E-state index in [4.69, 9.17) is 20.9 Å². The fourth-order valence-corrected chi connectivity index (χ4v) is 6.34. The lowest BCUT2D eigenvalue weighted by molar-refractivity contribution is 0.0991. The summed E-state index contributed by atoms with van der Waals surface area (Å²) in [6.07, 6.45) is 1.08. The van der Waals surface area contributed by atoms with Crippen molar-refractivity contribution in [1.29, 1.82) is 0 Å². The van der Waals surface area contributed by atoms with Crippen LogP contribution in [0.2, 0.25) is 0 Å². The fraction of sp³-hybridized carbons (Fsp3) is 0.333. The minimum atomic E-state index is -0.660. The smallest absolute Gasteiger partial charge is 0.276 e. The summed E-state index contributed by atoms with van der Waals surface area (Å²) in [4.78, 5) is 60.2. The molecule has 0 radical (unpaired) electrons. The summed E-state index contributed by atoms with van der Waals surface area (Å²) in [5.74, 6) is -0.884. The molecule has 0 bridgehead atoms. The number of carbonyl (C=O) groups excluding carboxylic acids is 4. The highest BCUT2D eigenvalue weighted by atomic mass is 16.5. The standard InChI is InChI=1S/C36H42N12O6/c1-7-47-25(13-19(3)43-47)33(51)41-35-39-23-15-22(32(38)50)18-28(29(23)45(35)5)54-12-10-9-11-46-30-24(16-21(31(37)49)17-27(30)53-6)40-36(46)42-34(52)26-14-20(4)44-48(26)8-2/h13-18H,7-12H2,1-6H3,(H2,37,49)(H2,38,50)(H,39,41,51)(H,40,42,52). The predicted molar refractivity (Wildman–Crippen MR) is 200 cm³/mol. The second-order valence-corrected chi connectivity index (χ2v) is 12.6. The summed E-state index contributed by atoms with van der Waals surface area (Å²) in [6, 6.07) is 9.58. The van der Waals surface area contributed by atoms with Crippen LogP contribution in [0.4, 0.5) is 11.9 Å². The first-order valence-corrected chi connectivity index (χ1v) is 17.4. The van der Waals surface area contributed by atoms with Crippen molar-refractivity contribution in [2.24, 2.45) is 18.5 Å². The molecule has 0 aliphatic rings. The number of anilines is 2. The van der Waals surface area contributed by atoms with Gasteiger partial charge in [0.15, 0.2) is 0 Å². The minimum absolute atomic E-state index is 0.195. The molecule has 0 aliphatic heterocycles. The van der Waals surface area contributed by atoms with Gasteiger partial charge in [0.1, 0.15) is 33.9 Å². The molecule has 0 unspecified atom stereocenters. The van der Waals surface area contributed by atoms with E-state index in [-0.39, 0.29) is 35.5 Å². The number of primary amides is 2. The number of aryl methyl sites for hydroxylation is 6. The van der Waals surface area contributed by atoms with Crippen molar-refractivity contribution in [2.75, 3.05) is 24.4 Å². The summed E-state index contributed by atoms with van der Waals surface area (Å²) in [5.41, 5.74) is 15.7. The lowest BCUT2D eigenvalue weighted by Gasteiger charge is -2.14. The number of nitrogens with two attached hydrogens (primary N) is 2. The number of methoxy groups -OCH3 is 1. The molecule has 4 aromatic heterocycles. The largest absolute Gasteiger partial charge is 0.494 e. The van der Waals surface area contributed by atoms with Gasteiger partial charge in [0.25, 0.3) is 11.8 Å². The number of imidazole rings is 2. The molecular weight excluding hydrogens is 696 g/mol. The molecule has 18 nitrogen and oxygen atoms in total. The van der Waals surface area contributed by atoms with Gasteiger partial charge in [0.05, 0.1) is 36.1 Å². The van der Waals surface area contributed by atoms with Crippen molar-refractivity contribution in [3.63, 3.8) is 0 Å². The van der Waals surface area contributed by atoms with Gasteiger partial charge in [0, 0.05) is 37.8 Å². The van der Waals surface area contributed by atoms with E-state index in [1.54, 1.807) is 51.3 Å². The van der Waals surface area contributed by atoms with Gasteiger partial charge in [-0.15, -0.1) is 0 Å². The highest BCUT2D eigenvalue weighted by Crippen LogP contribution is 2.33. The van der Waals surface area contributed by atoms with Crippen LogP contribution in [-0.4, -0.2) is 76.0 Å². The monoisotopic (exact) mass is 738 g/mol. The number of hydrogen-bond donors (Lipinski definition) is 4. The minimum Gasteiger partial charge on any atom is -0.494 e. The molecule has 4 heterocycles. The molecule has 282 valence electrons. The third-order valence-electron chi connectivity index (χ3n) is 8.88. The zero-order valence-corrected chi connectivity index (χ0v) is 30.9. The van der Waals surface area contributed by atoms with Crippen LogP contribution in [0.5, 0.6) is 11.5 Å². The quantitative estimate of drug-likeness (QED) is 0.112. The number of unbranched alkanes of at least 4 members (excludes halogenated alkanes) is 1. The predicted octanol–water partition coefficient (Wildman–Crippen LogP) is 3.54. The SMILES string of the molecule is CCn1nc(C)cc1C(=O)Nc1nc2cc(C(N)=O)cc(OCCCCn3c(NC(=O)c4cc(C)nn4CC)nc4cc(C(N)=O)cc(OC)c43)c2n1C. The lowest BCUT2D eigenvalue weighted by Crippen LogP contribution is -2.20. The first-order chi connectivity index (χ1) is 25.8. The molecule has 0 saturated carbocycles. The molecule has 6 aromatic rings. The third-order valence-corrected chi connectivity index (χ3v) is 8.88. The average Bonchev–Trinajstić information content (AvgIpc) is 3.90. The number of rotatable bonds is 15. The summed E-state index contributed by atoms with van der Waals surface area (Å²) in [5, 5.41) is 14.5. The molecule has 6 N–H and O–H groups in total. The topological polar surface area (TPSA) is 234 Å². The molecule has 0 spiro atoms. The zero-order valence-electron chi connectivity index (χ0n) is 30.9. The molecule has 0 atom stereocenters. The van der Waals surface area contributed by atoms with Gasteiger partial charge in [-0.25, -0.2) is 9.97 Å². The maximum absolute atomic E-state index is 13.5. The highest BCUT2D eigenvalue weighted by molar-refractivity contribution is 6.05. The van der Waals surface area contributed by atoms with E-state index in [1.165, 1.54) is 13.2 Å². The van der Waals surface area contributed by atoms with Gasteiger partial charge >= 0.3 is 0 Å². The number of ether oxygens (including phenoxy) is 2. The molecule has 0 fully saturated rings. The molecule has 4 amide bonds. The zero-order chi connectivity index (χ0) is 38.8. The van der Waals surface area contributed by atoms with E-state index in [1.807, 2.05) is 32.3 Å². The number of benzene rings is 2. The Morgan fingerprint density at radius 2 is 1.24 bits per heavy atom. The Kier molecular flexibility index (Phi) is 10.4. The van der Waals surface area contributed by atoms with Gasteiger partial charge in [-0.05, 0) is 76.9 Å². The number of nitrogens with zero attached hydrogens (tertiary/aromatic N) is 8. The molecule has 2 aromatic carbocycles. The number of aromatic nitrogens is 8. The van der Waals surface area contributed by atoms with Crippen molar-refractivity contribution in [3.8, 4) is 11.5 Å². The highest BCUT2D eigenvalue weighted by Gasteiger charge is 2.23. The number of amides is 4. The average molecular weight is 739 g/mol. The summed E-state index contributed by atoms with van der Waals surface area (Å²) in [6.45, 7) is 9.02. The van der Waals surface area contributed by atoms with E-state index in [9.17, 15) is 19.2 Å². The molecule has 6 rings (SSSR count). The van der Waals surface area contributed by atoms with Crippen LogP contribution < -0.4 is 31.6 Å². The number of carbonyl (C=O) groups is 4. The second kappa shape index (κ2) is 15.1. The maximum atomic E-state index is 13.5. The number of nitrogens with one attached hydrogen (secondary N) is 2. The van der Waals surface area contributed by atoms with Gasteiger partial charge < -0.3 is 30.1 Å². The molecular formula is C36H42N12O6. The van der Waals surface area contributed by atoms with Crippen LogP contribution in [0, 0.1) is 13.8 Å². The first kappa shape index (κ1) is 37.1. The first-order valence-electron chi connectivity index (χ1n) is 17.4. The van der Waals surface area contributed by atoms with Crippen molar-refractivity contribution in [3.05, 3.63) is 70.3 Å². The summed E-state index contributed by atoms with van der Waals surface area (Å²) >= 11 is 0. The molecule has 18 heteroatoms. The van der Waals surface area contributed by atoms with E-state index in [2.05, 4.69) is 30.8 Å². The van der Waals surface area contributed by atoms with E-state index in [0.717, 1.165) is 0 Å². The van der Waals surface area contributed by atoms with Crippen LogP contribution in [0.15, 0.2) is 36.4 Å². The van der Waals surface area contributed by atoms with Crippen molar-refractivity contribution >= 4 is 57.6 Å². The fourth-order valence-electron chi connectivity index (χ4n) is 6.34. The van der Waals surface area contributed by atoms with Crippen molar-refractivity contribution in [2.45, 2.75) is 60.2 Å². The Hall–Kier alpha value is -6.72. The van der Waals surface area contributed by atoms with Crippen molar-refractivity contribution < 1.29 is 28.7 Å². The number of hydrogen-bond acceptors (Lipinski definition) is 10. The van der Waals surface area contributed by atoms with Gasteiger partial charge in [0.2, 0.25) is 23.7 Å². The molecule has 0 aliphatic carbocycles. The molecule has 54 heavy (non-hydrogen) atoms.